The van der Waals surface area contributed by atoms with Crippen molar-refractivity contribution in [1.29, 1.82) is 0 Å². The zero-order valence-corrected chi connectivity index (χ0v) is 8.21. The molecule has 0 saturated heterocycles. The second-order valence-corrected chi connectivity index (χ2v) is 2.82. The number of hydrogen-bond acceptors (Lipinski definition) is 2. The lowest BCUT2D eigenvalue weighted by atomic mass is 10.2. The third-order valence-corrected chi connectivity index (χ3v) is 1.90. The van der Waals surface area contributed by atoms with E-state index in [1.54, 1.807) is 19.2 Å². The number of aromatic nitrogens is 2. The van der Waals surface area contributed by atoms with Gasteiger partial charge in [0.05, 0.1) is 5.52 Å². The number of pyridine rings is 2. The van der Waals surface area contributed by atoms with Crippen LogP contribution in [-0.4, -0.2) is 9.77 Å². The molecule has 2 aromatic heterocycles. The van der Waals surface area contributed by atoms with E-state index in [2.05, 4.69) is 4.98 Å². The Balaban J connectivity index is 0.000000980. The summed E-state index contributed by atoms with van der Waals surface area (Å²) in [4.78, 5) is 15.1. The molecule has 2 rings (SSSR count). The maximum absolute atomic E-state index is 13.1. The van der Waals surface area contributed by atoms with Crippen LogP contribution < -0.4 is 5.56 Å². The first-order valence-electron chi connectivity index (χ1n) is 3.83. The molecule has 0 radical (unpaired) electrons. The van der Waals surface area contributed by atoms with E-state index < -0.39 is 5.56 Å². The van der Waals surface area contributed by atoms with Crippen LogP contribution in [0.5, 0.6) is 0 Å². The minimum absolute atomic E-state index is 0. The second-order valence-electron chi connectivity index (χ2n) is 2.82. The van der Waals surface area contributed by atoms with Crippen LogP contribution in [0, 0.1) is 6.92 Å². The van der Waals surface area contributed by atoms with Crippen LogP contribution in [0.15, 0.2) is 29.2 Å². The molecule has 0 amide bonds. The van der Waals surface area contributed by atoms with Gasteiger partial charge in [0.2, 0.25) is 0 Å². The average molecular weight is 215 g/mol. The molecule has 14 heavy (non-hydrogen) atoms. The van der Waals surface area contributed by atoms with Crippen molar-refractivity contribution < 1.29 is 4.48 Å². The Hall–Kier alpha value is -1.42. The molecular formula is C9H8ClFN2O. The minimum atomic E-state index is -0.655. The van der Waals surface area contributed by atoms with E-state index in [4.69, 9.17) is 0 Å². The van der Waals surface area contributed by atoms with Gasteiger partial charge in [0.25, 0.3) is 5.56 Å². The molecule has 2 aromatic rings. The van der Waals surface area contributed by atoms with Gasteiger partial charge in [-0.25, -0.2) is 0 Å². The summed E-state index contributed by atoms with van der Waals surface area (Å²) in [5.41, 5.74) is 0.768. The molecule has 74 valence electrons. The standard InChI is InChI=1S/C9H7FN2O.ClH/c1-6-5-8(13)12(10)7-3-2-4-11-9(6)7;/h2-5H,1H3;1H. The van der Waals surface area contributed by atoms with E-state index in [1.165, 1.54) is 12.1 Å². The molecule has 0 unspecified atom stereocenters. The highest BCUT2D eigenvalue weighted by Gasteiger charge is 2.05. The summed E-state index contributed by atoms with van der Waals surface area (Å²) in [5.74, 6) is 0. The van der Waals surface area contributed by atoms with Gasteiger partial charge in [0, 0.05) is 12.3 Å². The lowest BCUT2D eigenvalue weighted by Crippen LogP contribution is -2.13. The van der Waals surface area contributed by atoms with Crippen LogP contribution in [0.25, 0.3) is 11.0 Å². The van der Waals surface area contributed by atoms with Crippen molar-refractivity contribution in [3.8, 4) is 0 Å². The summed E-state index contributed by atoms with van der Waals surface area (Å²) >= 11 is 0. The monoisotopic (exact) mass is 214 g/mol. The summed E-state index contributed by atoms with van der Waals surface area (Å²) < 4.78 is 13.1. The van der Waals surface area contributed by atoms with Gasteiger partial charge in [-0.1, -0.05) is 4.48 Å². The molecule has 5 heteroatoms. The first-order valence-corrected chi connectivity index (χ1v) is 3.83. The fourth-order valence-electron chi connectivity index (χ4n) is 1.29. The lowest BCUT2D eigenvalue weighted by Gasteiger charge is -2.01. The Labute approximate surface area is 85.5 Å². The zero-order valence-electron chi connectivity index (χ0n) is 7.40. The zero-order chi connectivity index (χ0) is 9.42. The fraction of sp³-hybridized carbons (Fsp3) is 0.111. The predicted octanol–water partition coefficient (Wildman–Crippen LogP) is 1.86. The Kier molecular flexibility index (Phi) is 2.86. The Morgan fingerprint density at radius 1 is 1.50 bits per heavy atom. The van der Waals surface area contributed by atoms with Crippen molar-refractivity contribution in [1.82, 2.24) is 9.77 Å². The molecule has 0 atom stereocenters. The van der Waals surface area contributed by atoms with E-state index in [-0.39, 0.29) is 22.7 Å². The van der Waals surface area contributed by atoms with Crippen molar-refractivity contribution in [2.45, 2.75) is 6.92 Å². The summed E-state index contributed by atoms with van der Waals surface area (Å²) in [6, 6.07) is 4.35. The summed E-state index contributed by atoms with van der Waals surface area (Å²) in [5, 5.41) is 0. The number of halogens is 2. The number of rotatable bonds is 0. The largest absolute Gasteiger partial charge is 0.279 e. The van der Waals surface area contributed by atoms with Gasteiger partial charge in [-0.2, -0.15) is 0 Å². The average Bonchev–Trinajstić information content (AvgIpc) is 2.15. The van der Waals surface area contributed by atoms with Crippen molar-refractivity contribution in [2.24, 2.45) is 0 Å². The van der Waals surface area contributed by atoms with Crippen LogP contribution in [-0.2, 0) is 0 Å². The molecule has 0 aliphatic rings. The SMILES string of the molecule is Cc1cc(=O)n(F)c2cccnc12.Cl. The third-order valence-electron chi connectivity index (χ3n) is 1.90. The van der Waals surface area contributed by atoms with Crippen molar-refractivity contribution in [3.63, 3.8) is 0 Å². The van der Waals surface area contributed by atoms with Gasteiger partial charge >= 0.3 is 0 Å². The van der Waals surface area contributed by atoms with Gasteiger partial charge in [0.1, 0.15) is 5.52 Å². The van der Waals surface area contributed by atoms with E-state index in [0.717, 1.165) is 0 Å². The number of hydrogen-bond donors (Lipinski definition) is 0. The first-order chi connectivity index (χ1) is 6.20. The minimum Gasteiger partial charge on any atom is -0.267 e. The molecule has 0 N–H and O–H groups in total. The summed E-state index contributed by atoms with van der Waals surface area (Å²) in [6.45, 7) is 1.73. The Morgan fingerprint density at radius 2 is 2.21 bits per heavy atom. The second kappa shape index (κ2) is 3.75. The highest BCUT2D eigenvalue weighted by molar-refractivity contribution is 5.85. The van der Waals surface area contributed by atoms with Gasteiger partial charge in [-0.3, -0.25) is 9.78 Å². The molecule has 0 fully saturated rings. The maximum Gasteiger partial charge on any atom is 0.279 e. The van der Waals surface area contributed by atoms with Crippen LogP contribution in [0.3, 0.4) is 0 Å². The Morgan fingerprint density at radius 3 is 2.93 bits per heavy atom. The van der Waals surface area contributed by atoms with Crippen LogP contribution in [0.4, 0.5) is 4.48 Å². The number of nitrogens with zero attached hydrogens (tertiary/aromatic N) is 2. The molecule has 0 aliphatic carbocycles. The van der Waals surface area contributed by atoms with Crippen LogP contribution >= 0.6 is 12.4 Å². The lowest BCUT2D eigenvalue weighted by molar-refractivity contribution is 0.370. The molecule has 0 aromatic carbocycles. The van der Waals surface area contributed by atoms with E-state index in [0.29, 0.717) is 11.1 Å². The molecule has 0 bridgehead atoms. The van der Waals surface area contributed by atoms with E-state index >= 15 is 0 Å². The van der Waals surface area contributed by atoms with E-state index in [1.807, 2.05) is 0 Å². The first kappa shape index (κ1) is 10.7. The summed E-state index contributed by atoms with van der Waals surface area (Å²) in [6.07, 6.45) is 1.57. The Bertz CT molecular complexity index is 524. The van der Waals surface area contributed by atoms with Crippen molar-refractivity contribution in [3.05, 3.63) is 40.3 Å². The predicted molar refractivity (Wildman–Crippen MR) is 54.5 cm³/mol. The summed E-state index contributed by atoms with van der Waals surface area (Å²) in [7, 11) is 0. The van der Waals surface area contributed by atoms with Gasteiger partial charge in [0.15, 0.2) is 0 Å². The normalized spacial score (nSPS) is 9.86. The quantitative estimate of drug-likeness (QED) is 0.671. The van der Waals surface area contributed by atoms with E-state index in [9.17, 15) is 9.28 Å². The molecule has 0 aliphatic heterocycles. The maximum atomic E-state index is 13.1. The highest BCUT2D eigenvalue weighted by Crippen LogP contribution is 2.12. The van der Waals surface area contributed by atoms with Gasteiger partial charge in [-0.15, -0.1) is 17.2 Å². The fourth-order valence-corrected chi connectivity index (χ4v) is 1.29. The van der Waals surface area contributed by atoms with Gasteiger partial charge < -0.3 is 0 Å². The molecule has 0 saturated carbocycles. The molecule has 3 nitrogen and oxygen atoms in total. The van der Waals surface area contributed by atoms with Crippen molar-refractivity contribution in [2.75, 3.05) is 0 Å². The number of aryl methyl sites for hydroxylation is 1. The van der Waals surface area contributed by atoms with Crippen LogP contribution in [0.2, 0.25) is 0 Å². The third kappa shape index (κ3) is 1.48. The topological polar surface area (TPSA) is 34.9 Å². The van der Waals surface area contributed by atoms with Crippen molar-refractivity contribution >= 4 is 23.4 Å². The van der Waals surface area contributed by atoms with Gasteiger partial charge in [-0.05, 0) is 24.6 Å². The number of fused-ring (bicyclic) bond motifs is 1. The molecule has 2 heterocycles. The molecular weight excluding hydrogens is 207 g/mol. The molecule has 0 spiro atoms. The highest BCUT2D eigenvalue weighted by atomic mass is 35.5. The smallest absolute Gasteiger partial charge is 0.267 e. The van der Waals surface area contributed by atoms with Crippen LogP contribution in [0.1, 0.15) is 5.56 Å².